The molecular weight excluding hydrogens is 482 g/mol. The number of carbonyl (C=O) groups is 1. The van der Waals surface area contributed by atoms with Crippen LogP contribution in [0.4, 0.5) is 0 Å². The molecule has 0 unspecified atom stereocenters. The first-order valence-electron chi connectivity index (χ1n) is 13.5. The summed E-state index contributed by atoms with van der Waals surface area (Å²) in [6.07, 6.45) is 6.21. The average Bonchev–Trinajstić information content (AvgIpc) is 3.31. The van der Waals surface area contributed by atoms with Crippen molar-refractivity contribution in [2.75, 3.05) is 27.4 Å². The van der Waals surface area contributed by atoms with E-state index in [1.54, 1.807) is 20.4 Å². The molecule has 3 fully saturated rings. The van der Waals surface area contributed by atoms with Gasteiger partial charge in [0.25, 0.3) is 5.91 Å². The van der Waals surface area contributed by atoms with Gasteiger partial charge in [0.1, 0.15) is 11.2 Å². The van der Waals surface area contributed by atoms with E-state index in [9.17, 15) is 4.79 Å². The first kappa shape index (κ1) is 23.6. The van der Waals surface area contributed by atoms with Crippen LogP contribution in [0.1, 0.15) is 36.0 Å². The van der Waals surface area contributed by atoms with Gasteiger partial charge in [-0.25, -0.2) is 9.97 Å². The first-order chi connectivity index (χ1) is 18.6. The van der Waals surface area contributed by atoms with Crippen LogP contribution in [0.15, 0.2) is 30.5 Å². The van der Waals surface area contributed by atoms with E-state index in [4.69, 9.17) is 30.2 Å². The molecule has 0 aromatic carbocycles. The Kier molecular flexibility index (Phi) is 5.63. The topological polar surface area (TPSA) is 113 Å². The van der Waals surface area contributed by atoms with Crippen molar-refractivity contribution < 1.29 is 14.3 Å². The number of piperidine rings is 1. The molecule has 38 heavy (non-hydrogen) atoms. The van der Waals surface area contributed by atoms with E-state index in [2.05, 4.69) is 15.2 Å². The Bertz CT molecular complexity index is 1540. The van der Waals surface area contributed by atoms with Gasteiger partial charge in [-0.15, -0.1) is 0 Å². The number of imidazole rings is 1. The second kappa shape index (κ2) is 9.06. The number of hydrogen-bond acceptors (Lipinski definition) is 7. The molecule has 5 heterocycles. The van der Waals surface area contributed by atoms with Gasteiger partial charge < -0.3 is 29.2 Å². The number of nitrogens with two attached hydrogens (primary N) is 1. The fourth-order valence-electron chi connectivity index (χ4n) is 6.32. The predicted molar refractivity (Wildman–Crippen MR) is 143 cm³/mol. The third-order valence-corrected chi connectivity index (χ3v) is 8.56. The third kappa shape index (κ3) is 3.77. The van der Waals surface area contributed by atoms with Crippen LogP contribution >= 0.6 is 0 Å². The van der Waals surface area contributed by atoms with Crippen molar-refractivity contribution in [1.82, 2.24) is 29.0 Å². The van der Waals surface area contributed by atoms with Crippen LogP contribution in [0.25, 0.3) is 33.7 Å². The monoisotopic (exact) mass is 515 g/mol. The molecule has 4 aromatic heterocycles. The van der Waals surface area contributed by atoms with Crippen LogP contribution in [0, 0.1) is 11.8 Å². The molecule has 10 heteroatoms. The van der Waals surface area contributed by atoms with Crippen molar-refractivity contribution >= 4 is 28.1 Å². The number of likely N-dealkylation sites (tertiary alicyclic amines) is 1. The Labute approximate surface area is 220 Å². The smallest absolute Gasteiger partial charge is 0.255 e. The summed E-state index contributed by atoms with van der Waals surface area (Å²) in [5.74, 6) is 2.43. The standard InChI is InChI=1S/C28H33N7O3/c1-37-10-9-33-26-20(11-19(13-30-26)28(36)35-15-18-5-7-21(35)24(18)29)31-27(33)22-12-17-6-8-23(38-2)32-25(17)34(22)14-16-3-4-16/h6,8,11-13,16,18,21,24H,3-5,7,9-10,14-15,29H2,1-2H3/t18-,21-,24-/m1/s1. The molecule has 2 bridgehead atoms. The van der Waals surface area contributed by atoms with Crippen molar-refractivity contribution in [2.24, 2.45) is 17.6 Å². The number of rotatable bonds is 8. The molecule has 3 atom stereocenters. The fraction of sp³-hybridized carbons (Fsp3) is 0.500. The highest BCUT2D eigenvalue weighted by Gasteiger charge is 2.47. The number of ether oxygens (including phenoxy) is 2. The number of fused-ring (bicyclic) bond motifs is 4. The van der Waals surface area contributed by atoms with E-state index in [1.807, 2.05) is 23.1 Å². The highest BCUT2D eigenvalue weighted by Crippen LogP contribution is 2.38. The molecule has 3 aliphatic rings. The number of carbonyl (C=O) groups excluding carboxylic acids is 1. The number of hydrogen-bond donors (Lipinski definition) is 1. The van der Waals surface area contributed by atoms with Crippen LogP contribution in [-0.4, -0.2) is 74.3 Å². The molecule has 4 aromatic rings. The average molecular weight is 516 g/mol. The Balaban J connectivity index is 1.33. The second-order valence-corrected chi connectivity index (χ2v) is 10.9. The van der Waals surface area contributed by atoms with Crippen molar-refractivity contribution in [1.29, 1.82) is 0 Å². The quantitative estimate of drug-likeness (QED) is 0.384. The summed E-state index contributed by atoms with van der Waals surface area (Å²) in [6, 6.07) is 8.15. The molecule has 10 nitrogen and oxygen atoms in total. The van der Waals surface area contributed by atoms with Crippen LogP contribution in [0.3, 0.4) is 0 Å². The van der Waals surface area contributed by atoms with Crippen molar-refractivity contribution in [3.8, 4) is 17.4 Å². The molecule has 2 aliphatic carbocycles. The van der Waals surface area contributed by atoms with Gasteiger partial charge in [-0.1, -0.05) is 0 Å². The molecule has 1 aliphatic heterocycles. The van der Waals surface area contributed by atoms with Gasteiger partial charge in [0, 0.05) is 56.5 Å². The Hall–Kier alpha value is -3.50. The summed E-state index contributed by atoms with van der Waals surface area (Å²) in [5.41, 5.74) is 10.2. The molecule has 1 saturated heterocycles. The van der Waals surface area contributed by atoms with E-state index in [1.165, 1.54) is 12.8 Å². The number of aromatic nitrogens is 5. The van der Waals surface area contributed by atoms with Gasteiger partial charge in [0.05, 0.1) is 25.0 Å². The van der Waals surface area contributed by atoms with Gasteiger partial charge in [-0.3, -0.25) is 4.79 Å². The summed E-state index contributed by atoms with van der Waals surface area (Å²) in [4.78, 5) is 30.0. The normalized spacial score (nSPS) is 22.7. The molecule has 0 spiro atoms. The largest absolute Gasteiger partial charge is 0.481 e. The Morgan fingerprint density at radius 1 is 1.08 bits per heavy atom. The lowest BCUT2D eigenvalue weighted by molar-refractivity contribution is 0.0700. The highest BCUT2D eigenvalue weighted by molar-refractivity contribution is 5.97. The number of methoxy groups -OCH3 is 2. The maximum atomic E-state index is 13.5. The summed E-state index contributed by atoms with van der Waals surface area (Å²) in [7, 11) is 3.33. The van der Waals surface area contributed by atoms with Crippen molar-refractivity contribution in [2.45, 2.75) is 50.9 Å². The number of pyridine rings is 2. The van der Waals surface area contributed by atoms with Gasteiger partial charge in [0.2, 0.25) is 5.88 Å². The molecule has 198 valence electrons. The minimum Gasteiger partial charge on any atom is -0.481 e. The molecule has 1 amide bonds. The summed E-state index contributed by atoms with van der Waals surface area (Å²) >= 11 is 0. The maximum Gasteiger partial charge on any atom is 0.255 e. The SMILES string of the molecule is COCCn1c(-c2cc3ccc(OC)nc3n2CC2CC2)nc2cc(C(=O)N3C[C@H]4CC[C@@H]3[C@@H]4N)cnc21. The highest BCUT2D eigenvalue weighted by atomic mass is 16.5. The summed E-state index contributed by atoms with van der Waals surface area (Å²) < 4.78 is 15.2. The molecule has 0 radical (unpaired) electrons. The summed E-state index contributed by atoms with van der Waals surface area (Å²) in [5, 5.41) is 1.04. The molecule has 2 N–H and O–H groups in total. The van der Waals surface area contributed by atoms with Crippen LogP contribution in [0.2, 0.25) is 0 Å². The number of nitrogens with zero attached hydrogens (tertiary/aromatic N) is 6. The predicted octanol–water partition coefficient (Wildman–Crippen LogP) is 3.07. The van der Waals surface area contributed by atoms with E-state index >= 15 is 0 Å². The zero-order valence-electron chi connectivity index (χ0n) is 21.8. The van der Waals surface area contributed by atoms with Crippen molar-refractivity contribution in [3.05, 3.63) is 36.0 Å². The van der Waals surface area contributed by atoms with E-state index in [0.717, 1.165) is 54.1 Å². The number of amides is 1. The molecule has 2 saturated carbocycles. The van der Waals surface area contributed by atoms with E-state index in [0.29, 0.717) is 41.9 Å². The summed E-state index contributed by atoms with van der Waals surface area (Å²) in [6.45, 7) is 2.72. The maximum absolute atomic E-state index is 13.5. The van der Waals surface area contributed by atoms with Gasteiger partial charge >= 0.3 is 0 Å². The van der Waals surface area contributed by atoms with Crippen LogP contribution in [0.5, 0.6) is 5.88 Å². The zero-order valence-corrected chi connectivity index (χ0v) is 21.8. The van der Waals surface area contributed by atoms with E-state index in [-0.39, 0.29) is 18.0 Å². The van der Waals surface area contributed by atoms with E-state index < -0.39 is 0 Å². The second-order valence-electron chi connectivity index (χ2n) is 10.9. The van der Waals surface area contributed by atoms with Gasteiger partial charge in [-0.2, -0.15) is 4.98 Å². The van der Waals surface area contributed by atoms with Gasteiger partial charge in [-0.05, 0) is 55.7 Å². The third-order valence-electron chi connectivity index (χ3n) is 8.56. The molecule has 7 rings (SSSR count). The lowest BCUT2D eigenvalue weighted by atomic mass is 10.1. The Morgan fingerprint density at radius 3 is 2.66 bits per heavy atom. The minimum absolute atomic E-state index is 0.00539. The van der Waals surface area contributed by atoms with Gasteiger partial charge in [0.15, 0.2) is 11.5 Å². The fourth-order valence-corrected chi connectivity index (χ4v) is 6.32. The molecular formula is C28H33N7O3. The lowest BCUT2D eigenvalue weighted by Gasteiger charge is -2.27. The first-order valence-corrected chi connectivity index (χ1v) is 13.5. The van der Waals surface area contributed by atoms with Crippen LogP contribution in [-0.2, 0) is 17.8 Å². The van der Waals surface area contributed by atoms with Crippen LogP contribution < -0.4 is 10.5 Å². The minimum atomic E-state index is -0.00539. The Morgan fingerprint density at radius 2 is 1.95 bits per heavy atom. The zero-order chi connectivity index (χ0) is 26.0. The lowest BCUT2D eigenvalue weighted by Crippen LogP contribution is -2.41. The van der Waals surface area contributed by atoms with Crippen molar-refractivity contribution in [3.63, 3.8) is 0 Å².